The maximum Gasteiger partial charge on any atom is 0.228 e. The maximum atomic E-state index is 12.4. The predicted octanol–water partition coefficient (Wildman–Crippen LogP) is 2.79. The summed E-state index contributed by atoms with van der Waals surface area (Å²) < 4.78 is 6.12. The lowest BCUT2D eigenvalue weighted by atomic mass is 9.92. The molecular formula is C15H19BrN2O2. The number of hydrogen-bond acceptors (Lipinski definition) is 3. The van der Waals surface area contributed by atoms with Gasteiger partial charge in [-0.2, -0.15) is 0 Å². The first-order valence-electron chi connectivity index (χ1n) is 6.99. The number of halogens is 1. The van der Waals surface area contributed by atoms with Gasteiger partial charge in [-0.15, -0.1) is 0 Å². The van der Waals surface area contributed by atoms with Crippen molar-refractivity contribution in [2.75, 3.05) is 25.5 Å². The van der Waals surface area contributed by atoms with E-state index in [0.717, 1.165) is 48.3 Å². The van der Waals surface area contributed by atoms with Gasteiger partial charge in [-0.05, 0) is 49.9 Å². The fourth-order valence-corrected chi connectivity index (χ4v) is 3.65. The molecule has 2 N–H and O–H groups in total. The van der Waals surface area contributed by atoms with Crippen LogP contribution in [0.5, 0.6) is 5.75 Å². The average Bonchev–Trinajstić information content (AvgIpc) is 3.12. The summed E-state index contributed by atoms with van der Waals surface area (Å²) in [7, 11) is 1.62. The number of ether oxygens (including phenoxy) is 1. The van der Waals surface area contributed by atoms with E-state index in [4.69, 9.17) is 4.74 Å². The smallest absolute Gasteiger partial charge is 0.228 e. The Hall–Kier alpha value is -1.07. The minimum atomic E-state index is 0.145. The zero-order valence-corrected chi connectivity index (χ0v) is 13.1. The second kappa shape index (κ2) is 5.37. The highest BCUT2D eigenvalue weighted by Crippen LogP contribution is 2.58. The number of carbonyl (C=O) groups is 1. The van der Waals surface area contributed by atoms with Gasteiger partial charge in [0.1, 0.15) is 5.75 Å². The Morgan fingerprint density at radius 1 is 1.40 bits per heavy atom. The first kappa shape index (κ1) is 13.9. The highest BCUT2D eigenvalue weighted by atomic mass is 79.9. The zero-order valence-electron chi connectivity index (χ0n) is 11.5. The van der Waals surface area contributed by atoms with Crippen molar-refractivity contribution in [2.24, 2.45) is 11.3 Å². The Labute approximate surface area is 127 Å². The SMILES string of the molecule is COc1cc(Br)cc(NC(=O)C2CC23CCNCC3)c1. The molecule has 2 aliphatic rings. The van der Waals surface area contributed by atoms with Gasteiger partial charge in [0.05, 0.1) is 7.11 Å². The molecule has 1 saturated carbocycles. The molecule has 108 valence electrons. The van der Waals surface area contributed by atoms with Crippen LogP contribution in [0, 0.1) is 11.3 Å². The standard InChI is InChI=1S/C15H19BrN2O2/c1-20-12-7-10(16)6-11(8-12)18-14(19)13-9-15(13)2-4-17-5-3-15/h6-8,13,17H,2-5,9H2,1H3,(H,18,19). The molecule has 20 heavy (non-hydrogen) atoms. The summed E-state index contributed by atoms with van der Waals surface area (Å²) in [4.78, 5) is 12.4. The van der Waals surface area contributed by atoms with Crippen LogP contribution in [0.2, 0.25) is 0 Å². The van der Waals surface area contributed by atoms with Crippen LogP contribution in [0.1, 0.15) is 19.3 Å². The van der Waals surface area contributed by atoms with E-state index < -0.39 is 0 Å². The van der Waals surface area contributed by atoms with Gasteiger partial charge in [0.25, 0.3) is 0 Å². The first-order chi connectivity index (χ1) is 9.63. The number of piperidine rings is 1. The fourth-order valence-electron chi connectivity index (χ4n) is 3.18. The molecule has 1 atom stereocenters. The largest absolute Gasteiger partial charge is 0.497 e. The molecule has 1 aromatic rings. The summed E-state index contributed by atoms with van der Waals surface area (Å²) in [6.45, 7) is 2.07. The van der Waals surface area contributed by atoms with Crippen molar-refractivity contribution in [3.63, 3.8) is 0 Å². The highest BCUT2D eigenvalue weighted by molar-refractivity contribution is 9.10. The van der Waals surface area contributed by atoms with E-state index in [1.807, 2.05) is 18.2 Å². The van der Waals surface area contributed by atoms with Crippen molar-refractivity contribution in [3.05, 3.63) is 22.7 Å². The van der Waals surface area contributed by atoms with E-state index in [0.29, 0.717) is 0 Å². The van der Waals surface area contributed by atoms with Gasteiger partial charge in [0.2, 0.25) is 5.91 Å². The van der Waals surface area contributed by atoms with Crippen LogP contribution in [0.3, 0.4) is 0 Å². The van der Waals surface area contributed by atoms with Gasteiger partial charge in [-0.3, -0.25) is 4.79 Å². The topological polar surface area (TPSA) is 50.4 Å². The Morgan fingerprint density at radius 2 is 2.15 bits per heavy atom. The summed E-state index contributed by atoms with van der Waals surface area (Å²) in [5.41, 5.74) is 1.06. The number of benzene rings is 1. The summed E-state index contributed by atoms with van der Waals surface area (Å²) in [6.07, 6.45) is 3.27. The van der Waals surface area contributed by atoms with Gasteiger partial charge in [0.15, 0.2) is 0 Å². The van der Waals surface area contributed by atoms with E-state index in [1.54, 1.807) is 7.11 Å². The predicted molar refractivity (Wildman–Crippen MR) is 82.0 cm³/mol. The summed E-state index contributed by atoms with van der Waals surface area (Å²) in [6, 6.07) is 5.62. The first-order valence-corrected chi connectivity index (χ1v) is 7.78. The second-order valence-electron chi connectivity index (χ2n) is 5.74. The van der Waals surface area contributed by atoms with Crippen LogP contribution in [0.15, 0.2) is 22.7 Å². The van der Waals surface area contributed by atoms with Gasteiger partial charge in [0, 0.05) is 22.1 Å². The molecule has 2 fully saturated rings. The third-order valence-electron chi connectivity index (χ3n) is 4.48. The van der Waals surface area contributed by atoms with E-state index >= 15 is 0 Å². The average molecular weight is 339 g/mol. The number of hydrogen-bond donors (Lipinski definition) is 2. The Kier molecular flexibility index (Phi) is 3.73. The van der Waals surface area contributed by atoms with Crippen LogP contribution < -0.4 is 15.4 Å². The normalized spacial score (nSPS) is 23.4. The molecule has 0 aromatic heterocycles. The van der Waals surface area contributed by atoms with Crippen molar-refractivity contribution in [3.8, 4) is 5.75 Å². The minimum absolute atomic E-state index is 0.145. The van der Waals surface area contributed by atoms with Gasteiger partial charge >= 0.3 is 0 Å². The van der Waals surface area contributed by atoms with Crippen molar-refractivity contribution in [2.45, 2.75) is 19.3 Å². The summed E-state index contributed by atoms with van der Waals surface area (Å²) in [5, 5.41) is 6.38. The van der Waals surface area contributed by atoms with Crippen molar-refractivity contribution in [1.29, 1.82) is 0 Å². The Balaban J connectivity index is 1.66. The van der Waals surface area contributed by atoms with Crippen LogP contribution in [-0.4, -0.2) is 26.1 Å². The minimum Gasteiger partial charge on any atom is -0.497 e. The summed E-state index contributed by atoms with van der Waals surface area (Å²) in [5.74, 6) is 1.06. The van der Waals surface area contributed by atoms with E-state index in [1.165, 1.54) is 0 Å². The third kappa shape index (κ3) is 2.69. The number of rotatable bonds is 3. The van der Waals surface area contributed by atoms with Crippen molar-refractivity contribution < 1.29 is 9.53 Å². The number of nitrogens with one attached hydrogen (secondary N) is 2. The monoisotopic (exact) mass is 338 g/mol. The van der Waals surface area contributed by atoms with Crippen molar-refractivity contribution in [1.82, 2.24) is 5.32 Å². The lowest BCUT2D eigenvalue weighted by Crippen LogP contribution is -2.31. The van der Waals surface area contributed by atoms with Gasteiger partial charge < -0.3 is 15.4 Å². The summed E-state index contributed by atoms with van der Waals surface area (Å²) >= 11 is 3.43. The maximum absolute atomic E-state index is 12.4. The second-order valence-corrected chi connectivity index (χ2v) is 6.65. The zero-order chi connectivity index (χ0) is 14.2. The molecule has 1 amide bonds. The lowest BCUT2D eigenvalue weighted by Gasteiger charge is -2.23. The highest BCUT2D eigenvalue weighted by Gasteiger charge is 2.57. The lowest BCUT2D eigenvalue weighted by molar-refractivity contribution is -0.118. The van der Waals surface area contributed by atoms with Crippen LogP contribution in [-0.2, 0) is 4.79 Å². The van der Waals surface area contributed by atoms with Crippen molar-refractivity contribution >= 4 is 27.5 Å². The number of carbonyl (C=O) groups excluding carboxylic acids is 1. The third-order valence-corrected chi connectivity index (χ3v) is 4.94. The molecule has 0 bridgehead atoms. The quantitative estimate of drug-likeness (QED) is 0.890. The number of methoxy groups -OCH3 is 1. The molecule has 1 aliphatic heterocycles. The molecule has 1 aliphatic carbocycles. The number of amides is 1. The fraction of sp³-hybridized carbons (Fsp3) is 0.533. The van der Waals surface area contributed by atoms with Crippen LogP contribution in [0.4, 0.5) is 5.69 Å². The van der Waals surface area contributed by atoms with Crippen LogP contribution >= 0.6 is 15.9 Å². The van der Waals surface area contributed by atoms with Crippen LogP contribution in [0.25, 0.3) is 0 Å². The molecule has 1 spiro atoms. The Morgan fingerprint density at radius 3 is 2.85 bits per heavy atom. The van der Waals surface area contributed by atoms with E-state index in [2.05, 4.69) is 26.6 Å². The Bertz CT molecular complexity index is 527. The molecular weight excluding hydrogens is 320 g/mol. The molecule has 4 nitrogen and oxygen atoms in total. The molecule has 1 saturated heterocycles. The molecule has 3 rings (SSSR count). The van der Waals surface area contributed by atoms with E-state index in [-0.39, 0.29) is 17.2 Å². The molecule has 1 heterocycles. The molecule has 5 heteroatoms. The molecule has 1 unspecified atom stereocenters. The molecule has 0 radical (unpaired) electrons. The van der Waals surface area contributed by atoms with Gasteiger partial charge in [-0.1, -0.05) is 15.9 Å². The number of anilines is 1. The van der Waals surface area contributed by atoms with Gasteiger partial charge in [-0.25, -0.2) is 0 Å². The molecule has 1 aromatic carbocycles. The van der Waals surface area contributed by atoms with E-state index in [9.17, 15) is 4.79 Å².